The summed E-state index contributed by atoms with van der Waals surface area (Å²) >= 11 is 0. The van der Waals surface area contributed by atoms with Gasteiger partial charge < -0.3 is 14.8 Å². The number of hydrogen-bond acceptors (Lipinski definition) is 5. The fourth-order valence-corrected chi connectivity index (χ4v) is 1.39. The number of nitrogens with zero attached hydrogens (tertiary/aromatic N) is 1. The number of rotatable bonds is 6. The molecule has 7 heteroatoms. The lowest BCUT2D eigenvalue weighted by molar-refractivity contribution is -0.139. The highest BCUT2D eigenvalue weighted by molar-refractivity contribution is 6.35. The first kappa shape index (κ1) is 16.2. The molecule has 0 unspecified atom stereocenters. The predicted molar refractivity (Wildman–Crippen MR) is 78.5 cm³/mol. The van der Waals surface area contributed by atoms with Gasteiger partial charge in [0.05, 0.1) is 20.4 Å². The average molecular weight is 291 g/mol. The maximum absolute atomic E-state index is 11.3. The maximum Gasteiger partial charge on any atom is 0.329 e. The number of hydrogen-bond donors (Lipinski definition) is 2. The SMILES string of the molecule is C=CCNC(=O)C(=O)NN=Cc1ccc(OC)c(OC)c1. The summed E-state index contributed by atoms with van der Waals surface area (Å²) in [6.07, 6.45) is 2.86. The second-order valence-electron chi connectivity index (χ2n) is 3.81. The topological polar surface area (TPSA) is 89.0 Å². The fraction of sp³-hybridized carbons (Fsp3) is 0.214. The van der Waals surface area contributed by atoms with Crippen molar-refractivity contribution >= 4 is 18.0 Å². The molecule has 7 nitrogen and oxygen atoms in total. The van der Waals surface area contributed by atoms with Crippen LogP contribution in [0.2, 0.25) is 0 Å². The monoisotopic (exact) mass is 291 g/mol. The highest BCUT2D eigenvalue weighted by atomic mass is 16.5. The van der Waals surface area contributed by atoms with Crippen LogP contribution < -0.4 is 20.2 Å². The molecular weight excluding hydrogens is 274 g/mol. The first-order valence-corrected chi connectivity index (χ1v) is 6.06. The molecule has 0 saturated carbocycles. The number of carbonyl (C=O) groups excluding carboxylic acids is 2. The van der Waals surface area contributed by atoms with Gasteiger partial charge in [-0.15, -0.1) is 6.58 Å². The predicted octanol–water partition coefficient (Wildman–Crippen LogP) is 0.456. The van der Waals surface area contributed by atoms with Crippen molar-refractivity contribution < 1.29 is 19.1 Å². The zero-order valence-corrected chi connectivity index (χ0v) is 11.9. The van der Waals surface area contributed by atoms with Crippen molar-refractivity contribution in [3.8, 4) is 11.5 Å². The van der Waals surface area contributed by atoms with E-state index in [-0.39, 0.29) is 6.54 Å². The second kappa shape index (κ2) is 8.36. The molecule has 0 spiro atoms. The molecule has 0 aliphatic heterocycles. The molecule has 0 radical (unpaired) electrons. The van der Waals surface area contributed by atoms with Crippen molar-refractivity contribution in [1.82, 2.24) is 10.7 Å². The van der Waals surface area contributed by atoms with Crippen molar-refractivity contribution in [3.05, 3.63) is 36.4 Å². The van der Waals surface area contributed by atoms with E-state index in [1.807, 2.05) is 0 Å². The Hall–Kier alpha value is -2.83. The largest absolute Gasteiger partial charge is 0.493 e. The lowest BCUT2D eigenvalue weighted by Gasteiger charge is -2.07. The summed E-state index contributed by atoms with van der Waals surface area (Å²) in [4.78, 5) is 22.6. The number of hydrazone groups is 1. The Balaban J connectivity index is 2.63. The van der Waals surface area contributed by atoms with Crippen LogP contribution in [0.3, 0.4) is 0 Å². The van der Waals surface area contributed by atoms with Gasteiger partial charge in [-0.05, 0) is 23.8 Å². The standard InChI is InChI=1S/C14H17N3O4/c1-4-7-15-13(18)14(19)17-16-9-10-5-6-11(20-2)12(8-10)21-3/h4-6,8-9H,1,7H2,2-3H3,(H,15,18)(H,17,19). The Morgan fingerprint density at radius 1 is 1.24 bits per heavy atom. The van der Waals surface area contributed by atoms with Crippen molar-refractivity contribution in [3.63, 3.8) is 0 Å². The maximum atomic E-state index is 11.3. The number of carbonyl (C=O) groups is 2. The quantitative estimate of drug-likeness (QED) is 0.345. The minimum Gasteiger partial charge on any atom is -0.493 e. The van der Waals surface area contributed by atoms with Crippen LogP contribution in [-0.2, 0) is 9.59 Å². The van der Waals surface area contributed by atoms with Gasteiger partial charge in [0.1, 0.15) is 0 Å². The molecule has 0 aliphatic rings. The summed E-state index contributed by atoms with van der Waals surface area (Å²) in [5.41, 5.74) is 2.80. The molecule has 1 aromatic rings. The van der Waals surface area contributed by atoms with Crippen molar-refractivity contribution in [2.45, 2.75) is 0 Å². The first-order chi connectivity index (χ1) is 10.1. The summed E-state index contributed by atoms with van der Waals surface area (Å²) in [5.74, 6) is -0.507. The highest BCUT2D eigenvalue weighted by Gasteiger charge is 2.10. The van der Waals surface area contributed by atoms with Crippen LogP contribution >= 0.6 is 0 Å². The second-order valence-corrected chi connectivity index (χ2v) is 3.81. The normalized spacial score (nSPS) is 10.0. The van der Waals surface area contributed by atoms with Crippen LogP contribution in [0.1, 0.15) is 5.56 Å². The average Bonchev–Trinajstić information content (AvgIpc) is 2.52. The molecule has 0 atom stereocenters. The van der Waals surface area contributed by atoms with Crippen LogP contribution in [0.4, 0.5) is 0 Å². The summed E-state index contributed by atoms with van der Waals surface area (Å²) in [6.45, 7) is 3.64. The van der Waals surface area contributed by atoms with Crippen molar-refractivity contribution in [2.24, 2.45) is 5.10 Å². The highest BCUT2D eigenvalue weighted by Crippen LogP contribution is 2.26. The Morgan fingerprint density at radius 3 is 2.57 bits per heavy atom. The number of methoxy groups -OCH3 is 2. The molecule has 21 heavy (non-hydrogen) atoms. The third kappa shape index (κ3) is 4.98. The van der Waals surface area contributed by atoms with Crippen LogP contribution in [0, 0.1) is 0 Å². The summed E-state index contributed by atoms with van der Waals surface area (Å²) in [5, 5.41) is 6.03. The molecule has 1 aromatic carbocycles. The van der Waals surface area contributed by atoms with E-state index in [4.69, 9.17) is 9.47 Å². The van der Waals surface area contributed by atoms with Gasteiger partial charge in [-0.1, -0.05) is 6.08 Å². The van der Waals surface area contributed by atoms with Gasteiger partial charge in [0.2, 0.25) is 0 Å². The van der Waals surface area contributed by atoms with Gasteiger partial charge >= 0.3 is 11.8 Å². The smallest absolute Gasteiger partial charge is 0.329 e. The number of nitrogens with one attached hydrogen (secondary N) is 2. The Morgan fingerprint density at radius 2 is 1.95 bits per heavy atom. The van der Waals surface area contributed by atoms with Crippen molar-refractivity contribution in [2.75, 3.05) is 20.8 Å². The Labute approximate surface area is 122 Å². The summed E-state index contributed by atoms with van der Waals surface area (Å²) in [6, 6.07) is 5.12. The molecule has 0 aromatic heterocycles. The lowest BCUT2D eigenvalue weighted by atomic mass is 10.2. The van der Waals surface area contributed by atoms with E-state index in [9.17, 15) is 9.59 Å². The number of benzene rings is 1. The Bertz CT molecular complexity index is 555. The minimum atomic E-state index is -0.853. The van der Waals surface area contributed by atoms with E-state index in [1.54, 1.807) is 18.2 Å². The van der Waals surface area contributed by atoms with Crippen molar-refractivity contribution in [1.29, 1.82) is 0 Å². The summed E-state index contributed by atoms with van der Waals surface area (Å²) < 4.78 is 10.2. The van der Waals surface area contributed by atoms with Gasteiger partial charge in [-0.2, -0.15) is 5.10 Å². The molecule has 2 N–H and O–H groups in total. The molecule has 0 saturated heterocycles. The molecule has 1 rings (SSSR count). The zero-order chi connectivity index (χ0) is 15.7. The van der Waals surface area contributed by atoms with Gasteiger partial charge in [0, 0.05) is 6.54 Å². The molecule has 0 fully saturated rings. The van der Waals surface area contributed by atoms with E-state index in [0.717, 1.165) is 0 Å². The molecule has 2 amide bonds. The number of amides is 2. The summed E-state index contributed by atoms with van der Waals surface area (Å²) in [7, 11) is 3.05. The molecular formula is C14H17N3O4. The van der Waals surface area contributed by atoms with E-state index < -0.39 is 11.8 Å². The molecule has 0 aliphatic carbocycles. The van der Waals surface area contributed by atoms with E-state index in [2.05, 4.69) is 22.4 Å². The van der Waals surface area contributed by atoms with E-state index >= 15 is 0 Å². The third-order valence-corrected chi connectivity index (χ3v) is 2.40. The van der Waals surface area contributed by atoms with Gasteiger partial charge in [0.15, 0.2) is 11.5 Å². The lowest BCUT2D eigenvalue weighted by Crippen LogP contribution is -2.37. The first-order valence-electron chi connectivity index (χ1n) is 6.06. The van der Waals surface area contributed by atoms with E-state index in [1.165, 1.54) is 26.5 Å². The fourth-order valence-electron chi connectivity index (χ4n) is 1.39. The van der Waals surface area contributed by atoms with Crippen LogP contribution in [0.5, 0.6) is 11.5 Å². The van der Waals surface area contributed by atoms with Gasteiger partial charge in [-0.25, -0.2) is 5.43 Å². The third-order valence-electron chi connectivity index (χ3n) is 2.40. The van der Waals surface area contributed by atoms with E-state index in [0.29, 0.717) is 17.1 Å². The molecule has 112 valence electrons. The number of ether oxygens (including phenoxy) is 2. The zero-order valence-electron chi connectivity index (χ0n) is 11.9. The van der Waals surface area contributed by atoms with Gasteiger partial charge in [-0.3, -0.25) is 9.59 Å². The molecule has 0 heterocycles. The van der Waals surface area contributed by atoms with Crippen LogP contribution in [0.25, 0.3) is 0 Å². The van der Waals surface area contributed by atoms with Crippen LogP contribution in [-0.4, -0.2) is 38.8 Å². The molecule has 0 bridgehead atoms. The Kier molecular flexibility index (Phi) is 6.46. The van der Waals surface area contributed by atoms with Crippen LogP contribution in [0.15, 0.2) is 36.0 Å². The van der Waals surface area contributed by atoms with Gasteiger partial charge in [0.25, 0.3) is 0 Å². The minimum absolute atomic E-state index is 0.214.